The van der Waals surface area contributed by atoms with E-state index in [1.165, 1.54) is 31.4 Å². The third kappa shape index (κ3) is 3.41. The lowest BCUT2D eigenvalue weighted by molar-refractivity contribution is 0.118. The van der Waals surface area contributed by atoms with Crippen LogP contribution in [0.3, 0.4) is 0 Å². The minimum atomic E-state index is 0.325. The van der Waals surface area contributed by atoms with Gasteiger partial charge in [-0.25, -0.2) is 0 Å². The Morgan fingerprint density at radius 3 is 2.52 bits per heavy atom. The van der Waals surface area contributed by atoms with Crippen molar-refractivity contribution < 1.29 is 4.74 Å². The summed E-state index contributed by atoms with van der Waals surface area (Å²) in [6.45, 7) is 11.9. The molecule has 0 radical (unpaired) electrons. The van der Waals surface area contributed by atoms with Crippen molar-refractivity contribution in [3.8, 4) is 5.75 Å². The van der Waals surface area contributed by atoms with E-state index in [-0.39, 0.29) is 0 Å². The van der Waals surface area contributed by atoms with E-state index in [0.717, 1.165) is 5.75 Å². The first-order valence-corrected chi connectivity index (χ1v) is 9.04. The van der Waals surface area contributed by atoms with Crippen LogP contribution in [0.4, 0.5) is 0 Å². The molecule has 3 atom stereocenters. The van der Waals surface area contributed by atoms with E-state index in [2.05, 4.69) is 49.9 Å². The van der Waals surface area contributed by atoms with Crippen molar-refractivity contribution >= 4 is 0 Å². The van der Waals surface area contributed by atoms with Crippen LogP contribution in [0.25, 0.3) is 0 Å². The lowest BCUT2D eigenvalue weighted by atomic mass is 9.65. The highest BCUT2D eigenvalue weighted by Gasteiger charge is 2.51. The minimum absolute atomic E-state index is 0.325. The standard InChI is InChI=1S/C20H32N2O/c1-5-23-17-8-6-15(7-9-17)18(12-21)22-14-20(4)11-16(22)10-19(2,3)13-20/h6-9,16,18H,5,10-14,21H2,1-4H3. The summed E-state index contributed by atoms with van der Waals surface area (Å²) in [7, 11) is 0. The highest BCUT2D eigenvalue weighted by atomic mass is 16.5. The Hall–Kier alpha value is -1.06. The number of hydrogen-bond acceptors (Lipinski definition) is 3. The van der Waals surface area contributed by atoms with Crippen LogP contribution >= 0.6 is 0 Å². The third-order valence-electron chi connectivity index (χ3n) is 5.65. The highest BCUT2D eigenvalue weighted by Crippen LogP contribution is 2.54. The molecule has 0 spiro atoms. The van der Waals surface area contributed by atoms with Gasteiger partial charge in [0.25, 0.3) is 0 Å². The largest absolute Gasteiger partial charge is 0.494 e. The van der Waals surface area contributed by atoms with Crippen LogP contribution in [-0.4, -0.2) is 30.6 Å². The van der Waals surface area contributed by atoms with Crippen LogP contribution in [0.5, 0.6) is 5.75 Å². The average Bonchev–Trinajstić information content (AvgIpc) is 2.71. The van der Waals surface area contributed by atoms with Gasteiger partial charge in [-0.1, -0.05) is 32.9 Å². The number of nitrogens with two attached hydrogens (primary N) is 1. The van der Waals surface area contributed by atoms with Crippen molar-refractivity contribution in [2.75, 3.05) is 19.7 Å². The summed E-state index contributed by atoms with van der Waals surface area (Å²) in [6.07, 6.45) is 3.94. The summed E-state index contributed by atoms with van der Waals surface area (Å²) in [5.74, 6) is 0.945. The zero-order chi connectivity index (χ0) is 16.7. The van der Waals surface area contributed by atoms with E-state index in [1.54, 1.807) is 0 Å². The molecule has 2 fully saturated rings. The van der Waals surface area contributed by atoms with Crippen molar-refractivity contribution in [1.82, 2.24) is 4.90 Å². The molecule has 1 aliphatic heterocycles. The molecule has 3 heteroatoms. The van der Waals surface area contributed by atoms with Gasteiger partial charge in [0.1, 0.15) is 5.75 Å². The molecule has 0 amide bonds. The maximum absolute atomic E-state index is 6.20. The van der Waals surface area contributed by atoms with Crippen LogP contribution in [0, 0.1) is 10.8 Å². The molecule has 1 aromatic carbocycles. The fourth-order valence-corrected chi connectivity index (χ4v) is 5.28. The first-order chi connectivity index (χ1) is 10.9. The monoisotopic (exact) mass is 316 g/mol. The van der Waals surface area contributed by atoms with E-state index in [9.17, 15) is 0 Å². The van der Waals surface area contributed by atoms with E-state index in [4.69, 9.17) is 10.5 Å². The van der Waals surface area contributed by atoms with E-state index < -0.39 is 0 Å². The average molecular weight is 316 g/mol. The summed E-state index contributed by atoms with van der Waals surface area (Å²) in [4.78, 5) is 2.68. The van der Waals surface area contributed by atoms with Gasteiger partial charge in [-0.05, 0) is 54.7 Å². The predicted octanol–water partition coefficient (Wildman–Crippen LogP) is 3.99. The molecule has 3 nitrogen and oxygen atoms in total. The lowest BCUT2D eigenvalue weighted by Gasteiger charge is -2.40. The molecule has 1 saturated heterocycles. The number of hydrogen-bond donors (Lipinski definition) is 1. The van der Waals surface area contributed by atoms with Gasteiger partial charge in [0.15, 0.2) is 0 Å². The molecular weight excluding hydrogens is 284 g/mol. The first-order valence-electron chi connectivity index (χ1n) is 9.04. The molecule has 1 aliphatic carbocycles. The van der Waals surface area contributed by atoms with Crippen molar-refractivity contribution in [2.45, 2.75) is 59.0 Å². The second-order valence-electron chi connectivity index (χ2n) is 8.64. The van der Waals surface area contributed by atoms with Gasteiger partial charge in [-0.3, -0.25) is 4.90 Å². The Kier molecular flexibility index (Phi) is 4.45. The molecule has 3 unspecified atom stereocenters. The van der Waals surface area contributed by atoms with Crippen LogP contribution < -0.4 is 10.5 Å². The van der Waals surface area contributed by atoms with E-state index in [1.807, 2.05) is 6.92 Å². The second kappa shape index (κ2) is 6.10. The molecule has 2 N–H and O–H groups in total. The summed E-state index contributed by atoms with van der Waals surface area (Å²) < 4.78 is 5.57. The van der Waals surface area contributed by atoms with Crippen LogP contribution in [0.2, 0.25) is 0 Å². The van der Waals surface area contributed by atoms with Crippen molar-refractivity contribution in [1.29, 1.82) is 0 Å². The Morgan fingerprint density at radius 1 is 1.22 bits per heavy atom. The minimum Gasteiger partial charge on any atom is -0.494 e. The number of rotatable bonds is 5. The molecule has 1 aromatic rings. The van der Waals surface area contributed by atoms with E-state index in [0.29, 0.717) is 36.1 Å². The Bertz CT molecular complexity index is 539. The SMILES string of the molecule is CCOc1ccc(C(CN)N2CC3(C)CC2CC(C)(C)C3)cc1. The fraction of sp³-hybridized carbons (Fsp3) is 0.700. The van der Waals surface area contributed by atoms with Gasteiger partial charge in [-0.2, -0.15) is 0 Å². The second-order valence-corrected chi connectivity index (χ2v) is 8.64. The number of likely N-dealkylation sites (tertiary alicyclic amines) is 1. The molecule has 1 saturated carbocycles. The van der Waals surface area contributed by atoms with Gasteiger partial charge in [0.2, 0.25) is 0 Å². The van der Waals surface area contributed by atoms with Crippen LogP contribution in [0.1, 0.15) is 58.6 Å². The van der Waals surface area contributed by atoms with Crippen molar-refractivity contribution in [3.05, 3.63) is 29.8 Å². The van der Waals surface area contributed by atoms with Crippen LogP contribution in [0.15, 0.2) is 24.3 Å². The Labute approximate surface area is 141 Å². The molecule has 23 heavy (non-hydrogen) atoms. The van der Waals surface area contributed by atoms with Gasteiger partial charge in [0.05, 0.1) is 6.61 Å². The van der Waals surface area contributed by atoms with Crippen molar-refractivity contribution in [2.24, 2.45) is 16.6 Å². The van der Waals surface area contributed by atoms with E-state index >= 15 is 0 Å². The molecule has 128 valence electrons. The van der Waals surface area contributed by atoms with Gasteiger partial charge in [-0.15, -0.1) is 0 Å². The normalized spacial score (nSPS) is 31.1. The zero-order valence-electron chi connectivity index (χ0n) is 15.1. The smallest absolute Gasteiger partial charge is 0.119 e. The lowest BCUT2D eigenvalue weighted by Crippen LogP contribution is -2.39. The summed E-state index contributed by atoms with van der Waals surface area (Å²) >= 11 is 0. The number of benzene rings is 1. The first kappa shape index (κ1) is 16.8. The molecule has 2 aliphatic rings. The summed E-state index contributed by atoms with van der Waals surface area (Å²) in [5, 5.41) is 0. The van der Waals surface area contributed by atoms with Gasteiger partial charge in [0, 0.05) is 25.2 Å². The number of fused-ring (bicyclic) bond motifs is 2. The molecule has 3 rings (SSSR count). The maximum atomic E-state index is 6.20. The Morgan fingerprint density at radius 2 is 1.91 bits per heavy atom. The van der Waals surface area contributed by atoms with Crippen LogP contribution in [-0.2, 0) is 0 Å². The summed E-state index contributed by atoms with van der Waals surface area (Å²) in [6, 6.07) is 9.54. The predicted molar refractivity (Wildman–Crippen MR) is 95.6 cm³/mol. The third-order valence-corrected chi connectivity index (χ3v) is 5.65. The zero-order valence-corrected chi connectivity index (χ0v) is 15.1. The fourth-order valence-electron chi connectivity index (χ4n) is 5.28. The molecule has 0 aromatic heterocycles. The molecular formula is C20H32N2O. The highest BCUT2D eigenvalue weighted by molar-refractivity contribution is 5.30. The Balaban J connectivity index is 1.81. The summed E-state index contributed by atoms with van der Waals surface area (Å²) in [5.41, 5.74) is 8.42. The maximum Gasteiger partial charge on any atom is 0.119 e. The van der Waals surface area contributed by atoms with Crippen molar-refractivity contribution in [3.63, 3.8) is 0 Å². The number of nitrogens with zero attached hydrogens (tertiary/aromatic N) is 1. The quantitative estimate of drug-likeness (QED) is 0.893. The molecule has 1 heterocycles. The topological polar surface area (TPSA) is 38.5 Å². The number of ether oxygens (including phenoxy) is 1. The van der Waals surface area contributed by atoms with Gasteiger partial charge < -0.3 is 10.5 Å². The molecule has 2 bridgehead atoms. The van der Waals surface area contributed by atoms with Gasteiger partial charge >= 0.3 is 0 Å².